The molecule has 0 saturated carbocycles. The molecule has 1 rings (SSSR count). The molecule has 1 aromatic rings. The summed E-state index contributed by atoms with van der Waals surface area (Å²) in [7, 11) is 0. The maximum atomic E-state index is 10.7. The number of carbonyl (C=O) groups excluding carboxylic acids is 1. The fourth-order valence-corrected chi connectivity index (χ4v) is 1.80. The van der Waals surface area contributed by atoms with Crippen LogP contribution in [0.4, 0.5) is 0 Å². The zero-order valence-electron chi connectivity index (χ0n) is 10.4. The van der Waals surface area contributed by atoms with Crippen LogP contribution in [0.3, 0.4) is 0 Å². The Hall–Kier alpha value is -1.37. The van der Waals surface area contributed by atoms with Crippen molar-refractivity contribution in [2.75, 3.05) is 0 Å². The minimum absolute atomic E-state index is 0.0122. The van der Waals surface area contributed by atoms with Crippen molar-refractivity contribution in [3.8, 4) is 0 Å². The zero-order chi connectivity index (χ0) is 12.0. The lowest BCUT2D eigenvalue weighted by Crippen LogP contribution is -2.12. The van der Waals surface area contributed by atoms with E-state index in [4.69, 9.17) is 0 Å². The van der Waals surface area contributed by atoms with E-state index in [1.54, 1.807) is 0 Å². The highest BCUT2D eigenvalue weighted by Gasteiger charge is 2.18. The fourth-order valence-electron chi connectivity index (χ4n) is 1.80. The first kappa shape index (κ1) is 12.7. The Morgan fingerprint density at radius 2 is 1.94 bits per heavy atom. The van der Waals surface area contributed by atoms with Gasteiger partial charge in [-0.25, -0.2) is 0 Å². The van der Waals surface area contributed by atoms with Gasteiger partial charge in [-0.3, -0.25) is 0 Å². The normalized spacial score (nSPS) is 15.6. The second kappa shape index (κ2) is 5.64. The van der Waals surface area contributed by atoms with E-state index in [2.05, 4.69) is 39.0 Å². The van der Waals surface area contributed by atoms with Crippen molar-refractivity contribution in [1.29, 1.82) is 0 Å². The first-order valence-electron chi connectivity index (χ1n) is 5.80. The van der Waals surface area contributed by atoms with Crippen LogP contribution in [0.2, 0.25) is 0 Å². The quantitative estimate of drug-likeness (QED) is 0.677. The molecule has 1 nitrogen and oxygen atoms in total. The lowest BCUT2D eigenvalue weighted by molar-refractivity contribution is -0.109. The third-order valence-electron chi connectivity index (χ3n) is 3.15. The van der Waals surface area contributed by atoms with Crippen LogP contribution in [0.25, 0.3) is 5.57 Å². The summed E-state index contributed by atoms with van der Waals surface area (Å²) in [4.78, 5) is 10.7. The van der Waals surface area contributed by atoms with Crippen molar-refractivity contribution in [1.82, 2.24) is 0 Å². The number of rotatable bonds is 5. The number of hydrogen-bond donors (Lipinski definition) is 0. The molecule has 86 valence electrons. The molecule has 0 aliphatic heterocycles. The molecule has 1 heteroatoms. The molecule has 0 amide bonds. The van der Waals surface area contributed by atoms with Crippen LogP contribution in [-0.2, 0) is 4.79 Å². The van der Waals surface area contributed by atoms with E-state index in [9.17, 15) is 4.79 Å². The first-order valence-corrected chi connectivity index (χ1v) is 5.80. The molecule has 0 unspecified atom stereocenters. The Balaban J connectivity index is 2.94. The van der Waals surface area contributed by atoms with Crippen LogP contribution in [0.15, 0.2) is 36.4 Å². The van der Waals surface area contributed by atoms with Gasteiger partial charge in [-0.15, -0.1) is 0 Å². The molecular formula is C15H20O. The van der Waals surface area contributed by atoms with Crippen molar-refractivity contribution >= 4 is 11.9 Å². The van der Waals surface area contributed by atoms with Crippen LogP contribution in [0, 0.1) is 5.41 Å². The summed E-state index contributed by atoms with van der Waals surface area (Å²) in [6, 6.07) is 10.3. The van der Waals surface area contributed by atoms with Gasteiger partial charge in [0, 0.05) is 6.42 Å². The molecule has 1 aromatic carbocycles. The van der Waals surface area contributed by atoms with E-state index in [-0.39, 0.29) is 5.41 Å². The van der Waals surface area contributed by atoms with Gasteiger partial charge < -0.3 is 4.79 Å². The van der Waals surface area contributed by atoms with Crippen molar-refractivity contribution in [3.63, 3.8) is 0 Å². The molecule has 0 spiro atoms. The predicted molar refractivity (Wildman–Crippen MR) is 69.2 cm³/mol. The van der Waals surface area contributed by atoms with Crippen LogP contribution < -0.4 is 0 Å². The standard InChI is InChI=1S/C15H20O/c1-4-15(3,10-11-16)12-13(2)14-8-6-5-7-9-14/h5-9,11-12H,4,10H2,1-3H3/b13-12+/t15-/m0/s1. The Labute approximate surface area is 98.2 Å². The Kier molecular flexibility index (Phi) is 4.48. The minimum atomic E-state index is -0.0122. The molecule has 0 aromatic heterocycles. The smallest absolute Gasteiger partial charge is 0.120 e. The first-order chi connectivity index (χ1) is 7.61. The molecule has 0 aliphatic rings. The average molecular weight is 216 g/mol. The second-order valence-electron chi connectivity index (χ2n) is 4.57. The monoisotopic (exact) mass is 216 g/mol. The molecule has 0 bridgehead atoms. The highest BCUT2D eigenvalue weighted by atomic mass is 16.1. The van der Waals surface area contributed by atoms with Gasteiger partial charge >= 0.3 is 0 Å². The van der Waals surface area contributed by atoms with Crippen LogP contribution in [0.1, 0.15) is 39.2 Å². The molecule has 0 saturated heterocycles. The second-order valence-corrected chi connectivity index (χ2v) is 4.57. The SMILES string of the molecule is CC[C@](C)(/C=C(\C)c1ccccc1)CC=O. The summed E-state index contributed by atoms with van der Waals surface area (Å²) in [5, 5.41) is 0. The van der Waals surface area contributed by atoms with Crippen LogP contribution in [0.5, 0.6) is 0 Å². The van der Waals surface area contributed by atoms with E-state index >= 15 is 0 Å². The predicted octanol–water partition coefficient (Wildman–Crippen LogP) is 4.10. The molecule has 16 heavy (non-hydrogen) atoms. The summed E-state index contributed by atoms with van der Waals surface area (Å²) in [6.45, 7) is 6.36. The lowest BCUT2D eigenvalue weighted by atomic mass is 9.82. The van der Waals surface area contributed by atoms with Crippen LogP contribution >= 0.6 is 0 Å². The van der Waals surface area contributed by atoms with Crippen molar-refractivity contribution in [2.45, 2.75) is 33.6 Å². The Bertz CT molecular complexity index is 364. The molecule has 0 fully saturated rings. The molecule has 1 atom stereocenters. The maximum absolute atomic E-state index is 10.7. The summed E-state index contributed by atoms with van der Waals surface area (Å²) in [5.74, 6) is 0. The largest absolute Gasteiger partial charge is 0.303 e. The summed E-state index contributed by atoms with van der Waals surface area (Å²) >= 11 is 0. The van der Waals surface area contributed by atoms with Gasteiger partial charge in [-0.1, -0.05) is 50.3 Å². The summed E-state index contributed by atoms with van der Waals surface area (Å²) in [5.41, 5.74) is 2.46. The highest BCUT2D eigenvalue weighted by molar-refractivity contribution is 5.65. The third-order valence-corrected chi connectivity index (χ3v) is 3.15. The van der Waals surface area contributed by atoms with Gasteiger partial charge in [-0.2, -0.15) is 0 Å². The molecule has 0 aliphatic carbocycles. The average Bonchev–Trinajstić information content (AvgIpc) is 2.30. The van der Waals surface area contributed by atoms with Gasteiger partial charge in [0.1, 0.15) is 6.29 Å². The van der Waals surface area contributed by atoms with Crippen LogP contribution in [-0.4, -0.2) is 6.29 Å². The van der Waals surface area contributed by atoms with Gasteiger partial charge in [-0.05, 0) is 29.9 Å². The Morgan fingerprint density at radius 3 is 2.44 bits per heavy atom. The fraction of sp³-hybridized carbons (Fsp3) is 0.400. The van der Waals surface area contributed by atoms with Gasteiger partial charge in [0.15, 0.2) is 0 Å². The topological polar surface area (TPSA) is 17.1 Å². The lowest BCUT2D eigenvalue weighted by Gasteiger charge is -2.22. The molecule has 0 heterocycles. The van der Waals surface area contributed by atoms with Crippen molar-refractivity contribution in [2.24, 2.45) is 5.41 Å². The molecule has 0 radical (unpaired) electrons. The van der Waals surface area contributed by atoms with Gasteiger partial charge in [0.05, 0.1) is 0 Å². The van der Waals surface area contributed by atoms with Gasteiger partial charge in [0.2, 0.25) is 0 Å². The van der Waals surface area contributed by atoms with Crippen molar-refractivity contribution in [3.05, 3.63) is 42.0 Å². The minimum Gasteiger partial charge on any atom is -0.303 e. The van der Waals surface area contributed by atoms with E-state index in [0.717, 1.165) is 12.7 Å². The summed E-state index contributed by atoms with van der Waals surface area (Å²) in [6.07, 6.45) is 4.80. The van der Waals surface area contributed by atoms with Crippen molar-refractivity contribution < 1.29 is 4.79 Å². The number of allylic oxidation sites excluding steroid dienone is 2. The number of hydrogen-bond acceptors (Lipinski definition) is 1. The number of carbonyl (C=O) groups is 1. The molecular weight excluding hydrogens is 196 g/mol. The molecule has 0 N–H and O–H groups in total. The van der Waals surface area contributed by atoms with E-state index < -0.39 is 0 Å². The van der Waals surface area contributed by atoms with E-state index in [1.165, 1.54) is 11.1 Å². The number of aldehydes is 1. The van der Waals surface area contributed by atoms with Gasteiger partial charge in [0.25, 0.3) is 0 Å². The van der Waals surface area contributed by atoms with E-state index in [0.29, 0.717) is 6.42 Å². The third kappa shape index (κ3) is 3.34. The van der Waals surface area contributed by atoms with E-state index in [1.807, 2.05) is 18.2 Å². The highest BCUT2D eigenvalue weighted by Crippen LogP contribution is 2.30. The zero-order valence-corrected chi connectivity index (χ0v) is 10.4. The Morgan fingerprint density at radius 1 is 1.31 bits per heavy atom. The maximum Gasteiger partial charge on any atom is 0.120 e. The number of benzene rings is 1. The summed E-state index contributed by atoms with van der Waals surface area (Å²) < 4.78 is 0.